The molecule has 1 saturated heterocycles. The zero-order valence-corrected chi connectivity index (χ0v) is 17.0. The number of hydrogen-bond donors (Lipinski definition) is 3. The van der Waals surface area contributed by atoms with Crippen LogP contribution in [0.5, 0.6) is 0 Å². The molecule has 2 atom stereocenters. The highest BCUT2D eigenvalue weighted by molar-refractivity contribution is 9.11. The Morgan fingerprint density at radius 1 is 1.41 bits per heavy atom. The molecule has 1 aliphatic heterocycles. The summed E-state index contributed by atoms with van der Waals surface area (Å²) in [4.78, 5) is 20.6. The lowest BCUT2D eigenvalue weighted by molar-refractivity contribution is -0.0178. The SMILES string of the molecule is Cc1cnc(NC(=O)NC2=C(OC[C@@H]3CNCCO3)CC(C)C(Br)=C2)cn1. The Kier molecular flexibility index (Phi) is 6.81. The molecule has 1 aliphatic carbocycles. The van der Waals surface area contributed by atoms with Crippen LogP contribution in [0.3, 0.4) is 0 Å². The number of urea groups is 1. The van der Waals surface area contributed by atoms with Gasteiger partial charge in [0.05, 0.1) is 30.4 Å². The van der Waals surface area contributed by atoms with Crippen LogP contribution in [0.4, 0.5) is 10.6 Å². The van der Waals surface area contributed by atoms with Crippen molar-refractivity contribution < 1.29 is 14.3 Å². The van der Waals surface area contributed by atoms with Gasteiger partial charge in [-0.1, -0.05) is 22.9 Å². The molecule has 0 spiro atoms. The third kappa shape index (κ3) is 5.75. The fraction of sp³-hybridized carbons (Fsp3) is 0.500. The van der Waals surface area contributed by atoms with Gasteiger partial charge in [0.2, 0.25) is 0 Å². The first kappa shape index (κ1) is 19.8. The van der Waals surface area contributed by atoms with Crippen LogP contribution in [0.25, 0.3) is 0 Å². The summed E-state index contributed by atoms with van der Waals surface area (Å²) < 4.78 is 12.7. The highest BCUT2D eigenvalue weighted by Gasteiger charge is 2.23. The highest BCUT2D eigenvalue weighted by atomic mass is 79.9. The van der Waals surface area contributed by atoms with Crippen molar-refractivity contribution in [2.45, 2.75) is 26.4 Å². The smallest absolute Gasteiger partial charge is 0.324 e. The number of allylic oxidation sites excluding steroid dienone is 3. The molecular formula is C18H24BrN5O3. The number of nitrogens with one attached hydrogen (secondary N) is 3. The van der Waals surface area contributed by atoms with Crippen LogP contribution in [-0.2, 0) is 9.47 Å². The third-order valence-corrected chi connectivity index (χ3v) is 5.27. The predicted octanol–water partition coefficient (Wildman–Crippen LogP) is 2.44. The average Bonchev–Trinajstić information content (AvgIpc) is 2.66. The van der Waals surface area contributed by atoms with Gasteiger partial charge in [-0.25, -0.2) is 9.78 Å². The Morgan fingerprint density at radius 3 is 2.96 bits per heavy atom. The molecule has 27 heavy (non-hydrogen) atoms. The molecule has 8 nitrogen and oxygen atoms in total. The van der Waals surface area contributed by atoms with Crippen LogP contribution >= 0.6 is 15.9 Å². The van der Waals surface area contributed by atoms with Crippen LogP contribution in [-0.4, -0.2) is 48.4 Å². The lowest BCUT2D eigenvalue weighted by atomic mass is 9.99. The number of amides is 2. The van der Waals surface area contributed by atoms with Crippen molar-refractivity contribution in [3.8, 4) is 0 Å². The first-order valence-corrected chi connectivity index (χ1v) is 9.72. The fourth-order valence-electron chi connectivity index (χ4n) is 2.74. The molecule has 0 bridgehead atoms. The molecule has 3 N–H and O–H groups in total. The normalized spacial score (nSPS) is 22.9. The van der Waals surface area contributed by atoms with Gasteiger partial charge in [0.25, 0.3) is 0 Å². The molecule has 2 aliphatic rings. The lowest BCUT2D eigenvalue weighted by Crippen LogP contribution is -2.41. The molecule has 2 amide bonds. The van der Waals surface area contributed by atoms with Gasteiger partial charge in [0.1, 0.15) is 18.5 Å². The van der Waals surface area contributed by atoms with E-state index in [4.69, 9.17) is 9.47 Å². The molecule has 9 heteroatoms. The van der Waals surface area contributed by atoms with Crippen LogP contribution in [0, 0.1) is 12.8 Å². The first-order valence-electron chi connectivity index (χ1n) is 8.93. The molecule has 1 aromatic heterocycles. The minimum Gasteiger partial charge on any atom is -0.493 e. The summed E-state index contributed by atoms with van der Waals surface area (Å²) >= 11 is 3.56. The predicted molar refractivity (Wildman–Crippen MR) is 105 cm³/mol. The van der Waals surface area contributed by atoms with Gasteiger partial charge in [-0.05, 0) is 18.9 Å². The van der Waals surface area contributed by atoms with E-state index in [1.165, 1.54) is 6.20 Å². The number of hydrogen-bond acceptors (Lipinski definition) is 6. The lowest BCUT2D eigenvalue weighted by Gasteiger charge is -2.27. The molecule has 2 heterocycles. The van der Waals surface area contributed by atoms with Gasteiger partial charge < -0.3 is 20.1 Å². The molecule has 3 rings (SSSR count). The zero-order valence-electron chi connectivity index (χ0n) is 15.4. The van der Waals surface area contributed by atoms with Gasteiger partial charge in [0, 0.05) is 24.0 Å². The van der Waals surface area contributed by atoms with Crippen LogP contribution in [0.1, 0.15) is 19.0 Å². The van der Waals surface area contributed by atoms with Crippen LogP contribution < -0.4 is 16.0 Å². The van der Waals surface area contributed by atoms with Crippen molar-refractivity contribution in [3.63, 3.8) is 0 Å². The molecule has 146 valence electrons. The van der Waals surface area contributed by atoms with E-state index in [-0.39, 0.29) is 12.0 Å². The van der Waals surface area contributed by atoms with Crippen molar-refractivity contribution >= 4 is 27.8 Å². The second-order valence-electron chi connectivity index (χ2n) is 6.60. The molecule has 1 aromatic rings. The van der Waals surface area contributed by atoms with E-state index < -0.39 is 6.03 Å². The first-order chi connectivity index (χ1) is 13.0. The van der Waals surface area contributed by atoms with Crippen LogP contribution in [0.2, 0.25) is 0 Å². The van der Waals surface area contributed by atoms with E-state index in [0.29, 0.717) is 31.1 Å². The Hall–Kier alpha value is -1.97. The molecular weight excluding hydrogens is 414 g/mol. The van der Waals surface area contributed by atoms with Crippen molar-refractivity contribution in [1.29, 1.82) is 0 Å². The maximum Gasteiger partial charge on any atom is 0.324 e. The number of anilines is 1. The summed E-state index contributed by atoms with van der Waals surface area (Å²) in [5, 5.41) is 8.80. The van der Waals surface area contributed by atoms with Crippen LogP contribution in [0.15, 0.2) is 34.4 Å². The van der Waals surface area contributed by atoms with Crippen molar-refractivity contribution in [2.75, 3.05) is 31.6 Å². The van der Waals surface area contributed by atoms with Gasteiger partial charge in [-0.2, -0.15) is 0 Å². The number of aryl methyl sites for hydroxylation is 1. The molecule has 0 radical (unpaired) electrons. The maximum absolute atomic E-state index is 12.3. The van der Waals surface area contributed by atoms with Gasteiger partial charge in [0.15, 0.2) is 5.82 Å². The number of rotatable bonds is 5. The molecule has 1 unspecified atom stereocenters. The zero-order chi connectivity index (χ0) is 19.2. The van der Waals surface area contributed by atoms with E-state index in [1.807, 2.05) is 13.0 Å². The molecule has 0 aromatic carbocycles. The second-order valence-corrected chi connectivity index (χ2v) is 7.52. The van der Waals surface area contributed by atoms with E-state index in [1.54, 1.807) is 6.20 Å². The quantitative estimate of drug-likeness (QED) is 0.654. The Labute approximate surface area is 166 Å². The summed E-state index contributed by atoms with van der Waals surface area (Å²) in [6, 6.07) is -0.397. The van der Waals surface area contributed by atoms with E-state index in [9.17, 15) is 4.79 Å². The third-order valence-electron chi connectivity index (χ3n) is 4.26. The standard InChI is InChI=1S/C18H24BrN5O3/c1-11-5-16(27-10-13-8-20-3-4-26-13)15(6-14(11)19)23-18(25)24-17-9-21-12(2)7-22-17/h6-7,9,11,13,20H,3-5,8,10H2,1-2H3,(H2,22,23,24,25)/t11?,13-/m0/s1. The minimum absolute atomic E-state index is 0.00816. The van der Waals surface area contributed by atoms with Gasteiger partial charge in [-0.3, -0.25) is 10.3 Å². The number of halogens is 1. The Morgan fingerprint density at radius 2 is 2.26 bits per heavy atom. The highest BCUT2D eigenvalue weighted by Crippen LogP contribution is 2.32. The largest absolute Gasteiger partial charge is 0.493 e. The maximum atomic E-state index is 12.3. The summed E-state index contributed by atoms with van der Waals surface area (Å²) in [5.74, 6) is 1.40. The molecule has 0 saturated carbocycles. The minimum atomic E-state index is -0.397. The van der Waals surface area contributed by atoms with Crippen molar-refractivity contribution in [2.24, 2.45) is 5.92 Å². The summed E-state index contributed by atoms with van der Waals surface area (Å²) in [5.41, 5.74) is 1.41. The number of aromatic nitrogens is 2. The van der Waals surface area contributed by atoms with Gasteiger partial charge in [-0.15, -0.1) is 0 Å². The average molecular weight is 438 g/mol. The van der Waals surface area contributed by atoms with E-state index in [2.05, 4.69) is 48.8 Å². The molecule has 1 fully saturated rings. The number of carbonyl (C=O) groups excluding carboxylic acids is 1. The number of ether oxygens (including phenoxy) is 2. The fourth-order valence-corrected chi connectivity index (χ4v) is 3.13. The van der Waals surface area contributed by atoms with E-state index >= 15 is 0 Å². The number of morpholine rings is 1. The monoisotopic (exact) mass is 437 g/mol. The van der Waals surface area contributed by atoms with Crippen molar-refractivity contribution in [3.05, 3.63) is 40.1 Å². The number of nitrogens with zero attached hydrogens (tertiary/aromatic N) is 2. The van der Waals surface area contributed by atoms with E-state index in [0.717, 1.165) is 29.0 Å². The summed E-state index contributed by atoms with van der Waals surface area (Å²) in [6.07, 6.45) is 5.69. The number of carbonyl (C=O) groups is 1. The summed E-state index contributed by atoms with van der Waals surface area (Å²) in [7, 11) is 0. The second kappa shape index (κ2) is 9.29. The van der Waals surface area contributed by atoms with Crippen molar-refractivity contribution in [1.82, 2.24) is 20.6 Å². The van der Waals surface area contributed by atoms with Gasteiger partial charge >= 0.3 is 6.03 Å². The Bertz CT molecular complexity index is 729. The summed E-state index contributed by atoms with van der Waals surface area (Å²) in [6.45, 7) is 6.68. The topological polar surface area (TPSA) is 97.4 Å². The Balaban J connectivity index is 1.65.